The van der Waals surface area contributed by atoms with Crippen LogP contribution in [0.2, 0.25) is 0 Å². The number of amides is 1. The summed E-state index contributed by atoms with van der Waals surface area (Å²) in [6.07, 6.45) is 3.36. The van der Waals surface area contributed by atoms with Crippen molar-refractivity contribution in [3.05, 3.63) is 35.4 Å². The smallest absolute Gasteiger partial charge is 0.224 e. The molecule has 4 heteroatoms. The average Bonchev–Trinajstić information content (AvgIpc) is 2.99. The molecule has 108 valence electrons. The number of nitrogens with one attached hydrogen (secondary N) is 2. The Hall–Kier alpha value is -1.06. The standard InChI is InChI=1S/C16H20N2O.ClH/c19-15(18-10-11-8-17-9-11)14-7-16(14)6-5-12-3-1-2-4-13(12)16;/h1-4,11,14,17H,5-10H2,(H,18,19);1H. The Morgan fingerprint density at radius 1 is 1.35 bits per heavy atom. The van der Waals surface area contributed by atoms with Crippen LogP contribution in [-0.2, 0) is 16.6 Å². The molecule has 0 radical (unpaired) electrons. The third-order valence-electron chi connectivity index (χ3n) is 5.22. The molecular formula is C16H21ClN2O. The van der Waals surface area contributed by atoms with Gasteiger partial charge in [-0.3, -0.25) is 4.79 Å². The van der Waals surface area contributed by atoms with Crippen LogP contribution in [0.4, 0.5) is 0 Å². The first-order chi connectivity index (χ1) is 9.29. The first kappa shape index (κ1) is 13.9. The van der Waals surface area contributed by atoms with Crippen LogP contribution in [0.3, 0.4) is 0 Å². The van der Waals surface area contributed by atoms with Crippen molar-refractivity contribution in [1.82, 2.24) is 10.6 Å². The number of fused-ring (bicyclic) bond motifs is 2. The SMILES string of the molecule is Cl.O=C(NCC1CNC1)C1CC12CCc1ccccc12. The summed E-state index contributed by atoms with van der Waals surface area (Å²) >= 11 is 0. The second-order valence-corrected chi connectivity index (χ2v) is 6.34. The van der Waals surface area contributed by atoms with E-state index in [9.17, 15) is 4.79 Å². The molecule has 0 bridgehead atoms. The van der Waals surface area contributed by atoms with Crippen LogP contribution < -0.4 is 10.6 Å². The molecule has 1 saturated heterocycles. The summed E-state index contributed by atoms with van der Waals surface area (Å²) in [5.41, 5.74) is 3.10. The zero-order chi connectivity index (χ0) is 12.9. The summed E-state index contributed by atoms with van der Waals surface area (Å²) in [5.74, 6) is 1.15. The lowest BCUT2D eigenvalue weighted by atomic mass is 9.95. The fraction of sp³-hybridized carbons (Fsp3) is 0.562. The largest absolute Gasteiger partial charge is 0.355 e. The van der Waals surface area contributed by atoms with Crippen LogP contribution >= 0.6 is 12.4 Å². The molecule has 20 heavy (non-hydrogen) atoms. The minimum Gasteiger partial charge on any atom is -0.355 e. The van der Waals surface area contributed by atoms with E-state index in [0.29, 0.717) is 5.92 Å². The summed E-state index contributed by atoms with van der Waals surface area (Å²) in [6, 6.07) is 8.67. The maximum absolute atomic E-state index is 12.3. The lowest BCUT2D eigenvalue weighted by molar-refractivity contribution is -0.123. The van der Waals surface area contributed by atoms with Crippen LogP contribution in [-0.4, -0.2) is 25.5 Å². The topological polar surface area (TPSA) is 41.1 Å². The van der Waals surface area contributed by atoms with Gasteiger partial charge in [-0.25, -0.2) is 0 Å². The van der Waals surface area contributed by atoms with E-state index >= 15 is 0 Å². The first-order valence-corrected chi connectivity index (χ1v) is 7.36. The molecule has 1 heterocycles. The van der Waals surface area contributed by atoms with Gasteiger partial charge in [-0.2, -0.15) is 0 Å². The highest BCUT2D eigenvalue weighted by atomic mass is 35.5. The number of hydrogen-bond donors (Lipinski definition) is 2. The quantitative estimate of drug-likeness (QED) is 0.889. The summed E-state index contributed by atoms with van der Waals surface area (Å²) in [7, 11) is 0. The molecule has 1 amide bonds. The van der Waals surface area contributed by atoms with E-state index in [1.54, 1.807) is 0 Å². The molecular weight excluding hydrogens is 272 g/mol. The van der Waals surface area contributed by atoms with E-state index in [4.69, 9.17) is 0 Å². The molecule has 2 unspecified atom stereocenters. The summed E-state index contributed by atoms with van der Waals surface area (Å²) in [6.45, 7) is 2.96. The third-order valence-corrected chi connectivity index (χ3v) is 5.22. The fourth-order valence-electron chi connectivity index (χ4n) is 3.80. The van der Waals surface area contributed by atoms with Gasteiger partial charge in [0.25, 0.3) is 0 Å². The van der Waals surface area contributed by atoms with Crippen LogP contribution in [0.1, 0.15) is 24.0 Å². The minimum absolute atomic E-state index is 0. The van der Waals surface area contributed by atoms with Gasteiger partial charge in [0, 0.05) is 36.9 Å². The normalized spacial score (nSPS) is 30.3. The highest BCUT2D eigenvalue weighted by Gasteiger charge is 2.61. The minimum atomic E-state index is 0. The van der Waals surface area contributed by atoms with Crippen molar-refractivity contribution in [2.75, 3.05) is 19.6 Å². The Morgan fingerprint density at radius 2 is 2.15 bits per heavy atom. The molecule has 2 fully saturated rings. The van der Waals surface area contributed by atoms with Crippen LogP contribution in [0.25, 0.3) is 0 Å². The maximum Gasteiger partial charge on any atom is 0.224 e. The monoisotopic (exact) mass is 292 g/mol. The lowest BCUT2D eigenvalue weighted by Gasteiger charge is -2.27. The van der Waals surface area contributed by atoms with Gasteiger partial charge in [-0.05, 0) is 30.4 Å². The van der Waals surface area contributed by atoms with Crippen molar-refractivity contribution in [2.45, 2.75) is 24.7 Å². The molecule has 3 nitrogen and oxygen atoms in total. The average molecular weight is 293 g/mol. The zero-order valence-electron chi connectivity index (χ0n) is 11.5. The van der Waals surface area contributed by atoms with Gasteiger partial charge in [0.15, 0.2) is 0 Å². The zero-order valence-corrected chi connectivity index (χ0v) is 12.3. The molecule has 4 rings (SSSR count). The van der Waals surface area contributed by atoms with Gasteiger partial charge in [0.1, 0.15) is 0 Å². The molecule has 2 aliphatic carbocycles. The molecule has 1 aliphatic heterocycles. The number of aryl methyl sites for hydroxylation is 1. The van der Waals surface area contributed by atoms with Gasteiger partial charge in [0.2, 0.25) is 5.91 Å². The van der Waals surface area contributed by atoms with Gasteiger partial charge >= 0.3 is 0 Å². The summed E-state index contributed by atoms with van der Waals surface area (Å²) in [5, 5.41) is 6.39. The van der Waals surface area contributed by atoms with Crippen molar-refractivity contribution in [2.24, 2.45) is 11.8 Å². The van der Waals surface area contributed by atoms with Crippen LogP contribution in [0.5, 0.6) is 0 Å². The number of hydrogen-bond acceptors (Lipinski definition) is 2. The third kappa shape index (κ3) is 2.04. The highest BCUT2D eigenvalue weighted by Crippen LogP contribution is 2.61. The number of rotatable bonds is 3. The second-order valence-electron chi connectivity index (χ2n) is 6.34. The maximum atomic E-state index is 12.3. The molecule has 0 aromatic heterocycles. The Kier molecular flexibility index (Phi) is 3.51. The number of halogens is 1. The van der Waals surface area contributed by atoms with Crippen molar-refractivity contribution in [3.63, 3.8) is 0 Å². The summed E-state index contributed by atoms with van der Waals surface area (Å²) in [4.78, 5) is 12.3. The second kappa shape index (κ2) is 5.05. The first-order valence-electron chi connectivity index (χ1n) is 7.36. The van der Waals surface area contributed by atoms with Crippen molar-refractivity contribution in [3.8, 4) is 0 Å². The summed E-state index contributed by atoms with van der Waals surface area (Å²) < 4.78 is 0. The van der Waals surface area contributed by atoms with E-state index in [1.165, 1.54) is 11.1 Å². The van der Waals surface area contributed by atoms with Gasteiger partial charge in [0.05, 0.1) is 0 Å². The van der Waals surface area contributed by atoms with Gasteiger partial charge in [-0.1, -0.05) is 24.3 Å². The number of carbonyl (C=O) groups is 1. The Morgan fingerprint density at radius 3 is 2.90 bits per heavy atom. The van der Waals surface area contributed by atoms with Gasteiger partial charge in [-0.15, -0.1) is 12.4 Å². The van der Waals surface area contributed by atoms with Crippen LogP contribution in [0, 0.1) is 11.8 Å². The molecule has 3 aliphatic rings. The molecule has 1 aromatic rings. The van der Waals surface area contributed by atoms with E-state index in [-0.39, 0.29) is 29.6 Å². The predicted molar refractivity (Wildman–Crippen MR) is 81.2 cm³/mol. The molecule has 2 atom stereocenters. The van der Waals surface area contributed by atoms with Crippen molar-refractivity contribution < 1.29 is 4.79 Å². The fourth-order valence-corrected chi connectivity index (χ4v) is 3.80. The van der Waals surface area contributed by atoms with Crippen molar-refractivity contribution in [1.29, 1.82) is 0 Å². The Labute approximate surface area is 125 Å². The Bertz CT molecular complexity index is 529. The van der Waals surface area contributed by atoms with E-state index < -0.39 is 0 Å². The molecule has 1 saturated carbocycles. The molecule has 1 spiro atoms. The van der Waals surface area contributed by atoms with Crippen LogP contribution in [0.15, 0.2) is 24.3 Å². The number of carbonyl (C=O) groups excluding carboxylic acids is 1. The number of benzene rings is 1. The van der Waals surface area contributed by atoms with E-state index in [2.05, 4.69) is 34.9 Å². The van der Waals surface area contributed by atoms with E-state index in [1.807, 2.05) is 0 Å². The molecule has 1 aromatic carbocycles. The highest BCUT2D eigenvalue weighted by molar-refractivity contribution is 5.85. The van der Waals surface area contributed by atoms with E-state index in [0.717, 1.165) is 38.9 Å². The van der Waals surface area contributed by atoms with Gasteiger partial charge < -0.3 is 10.6 Å². The predicted octanol–water partition coefficient (Wildman–Crippen LogP) is 1.65. The molecule has 2 N–H and O–H groups in total. The lowest BCUT2D eigenvalue weighted by Crippen LogP contribution is -2.48. The van der Waals surface area contributed by atoms with Crippen molar-refractivity contribution >= 4 is 18.3 Å². The Balaban J connectivity index is 0.00000121.